The lowest BCUT2D eigenvalue weighted by Crippen LogP contribution is -2.35. The molecule has 1 rings (SSSR count). The van der Waals surface area contributed by atoms with E-state index in [9.17, 15) is 21.6 Å². The highest BCUT2D eigenvalue weighted by atomic mass is 32.2. The molecule has 1 unspecified atom stereocenters. The van der Waals surface area contributed by atoms with Gasteiger partial charge in [-0.05, 0) is 19.1 Å². The van der Waals surface area contributed by atoms with E-state index < -0.39 is 27.9 Å². The summed E-state index contributed by atoms with van der Waals surface area (Å²) in [6.07, 6.45) is -7.80. The van der Waals surface area contributed by atoms with Crippen LogP contribution in [0.4, 0.5) is 13.2 Å². The summed E-state index contributed by atoms with van der Waals surface area (Å²) in [5.74, 6) is -1.36. The molecule has 0 aliphatic rings. The van der Waals surface area contributed by atoms with E-state index >= 15 is 0 Å². The molecule has 0 aliphatic heterocycles. The number of hydrogen-bond donors (Lipinski definition) is 1. The van der Waals surface area contributed by atoms with Gasteiger partial charge in [-0.15, -0.1) is 0 Å². The fraction of sp³-hybridized carbons (Fsp3) is 0.400. The molecule has 0 aliphatic carbocycles. The minimum Gasteiger partial charge on any atom is -0.383 e. The molecular weight excluding hydrogens is 257 g/mol. The van der Waals surface area contributed by atoms with Crippen molar-refractivity contribution >= 4 is 9.84 Å². The van der Waals surface area contributed by atoms with Crippen molar-refractivity contribution in [2.24, 2.45) is 0 Å². The fourth-order valence-corrected chi connectivity index (χ4v) is 2.49. The molecule has 1 atom stereocenters. The quantitative estimate of drug-likeness (QED) is 0.907. The van der Waals surface area contributed by atoms with Crippen LogP contribution in [-0.4, -0.2) is 31.6 Å². The largest absolute Gasteiger partial charge is 0.415 e. The predicted octanol–water partition coefficient (Wildman–Crippen LogP) is 1.69. The van der Waals surface area contributed by atoms with Crippen LogP contribution < -0.4 is 0 Å². The van der Waals surface area contributed by atoms with E-state index in [-0.39, 0.29) is 4.90 Å². The Balaban J connectivity index is 2.94. The molecule has 0 radical (unpaired) electrons. The van der Waals surface area contributed by atoms with Crippen LogP contribution in [0.3, 0.4) is 0 Å². The van der Waals surface area contributed by atoms with Gasteiger partial charge in [-0.3, -0.25) is 0 Å². The molecule has 17 heavy (non-hydrogen) atoms. The average molecular weight is 268 g/mol. The number of aryl methyl sites for hydroxylation is 1. The fourth-order valence-electron chi connectivity index (χ4n) is 1.14. The van der Waals surface area contributed by atoms with Crippen molar-refractivity contribution in [3.63, 3.8) is 0 Å². The first kappa shape index (κ1) is 14.0. The summed E-state index contributed by atoms with van der Waals surface area (Å²) in [4.78, 5) is -0.230. The molecule has 1 aromatic rings. The maximum atomic E-state index is 12.0. The van der Waals surface area contributed by atoms with Gasteiger partial charge >= 0.3 is 6.18 Å². The Morgan fingerprint density at radius 3 is 2.12 bits per heavy atom. The Hall–Kier alpha value is -1.08. The molecule has 7 heteroatoms. The molecule has 1 N–H and O–H groups in total. The van der Waals surface area contributed by atoms with E-state index in [0.29, 0.717) is 0 Å². The molecule has 0 bridgehead atoms. The summed E-state index contributed by atoms with van der Waals surface area (Å²) in [7, 11) is -4.13. The van der Waals surface area contributed by atoms with Gasteiger partial charge in [0.2, 0.25) is 0 Å². The van der Waals surface area contributed by atoms with Gasteiger partial charge in [-0.1, -0.05) is 17.7 Å². The molecule has 0 saturated heterocycles. The Bertz CT molecular complexity index is 477. The highest BCUT2D eigenvalue weighted by Crippen LogP contribution is 2.23. The first-order valence-electron chi connectivity index (χ1n) is 4.67. The summed E-state index contributed by atoms with van der Waals surface area (Å²) in [5, 5.41) is 8.73. The molecule has 0 saturated carbocycles. The Kier molecular flexibility index (Phi) is 3.83. The normalized spacial score (nSPS) is 14.6. The SMILES string of the molecule is Cc1ccc(S(=O)(=O)CC(O)C(F)(F)F)cc1. The summed E-state index contributed by atoms with van der Waals surface area (Å²) in [5.41, 5.74) is 0.792. The molecule has 0 fully saturated rings. The third kappa shape index (κ3) is 3.71. The number of rotatable bonds is 3. The number of aliphatic hydroxyl groups excluding tert-OH is 1. The monoisotopic (exact) mass is 268 g/mol. The zero-order chi connectivity index (χ0) is 13.3. The first-order valence-corrected chi connectivity index (χ1v) is 6.32. The number of benzene rings is 1. The number of hydrogen-bond acceptors (Lipinski definition) is 3. The standard InChI is InChI=1S/C10H11F3O3S/c1-7-2-4-8(5-3-7)17(15,16)6-9(14)10(11,12)13/h2-5,9,14H,6H2,1H3. The summed E-state index contributed by atoms with van der Waals surface area (Å²) < 4.78 is 59.2. The maximum absolute atomic E-state index is 12.0. The predicted molar refractivity (Wildman–Crippen MR) is 55.3 cm³/mol. The van der Waals surface area contributed by atoms with Gasteiger partial charge in [0.15, 0.2) is 15.9 Å². The molecule has 0 amide bonds. The van der Waals surface area contributed by atoms with Crippen molar-refractivity contribution in [3.05, 3.63) is 29.8 Å². The second-order valence-electron chi connectivity index (χ2n) is 3.65. The zero-order valence-electron chi connectivity index (χ0n) is 8.90. The van der Waals surface area contributed by atoms with Crippen LogP contribution in [0, 0.1) is 6.92 Å². The van der Waals surface area contributed by atoms with Gasteiger partial charge in [0.05, 0.1) is 10.6 Å². The number of alkyl halides is 3. The molecular formula is C10H11F3O3S. The number of sulfone groups is 1. The highest BCUT2D eigenvalue weighted by molar-refractivity contribution is 7.91. The number of halogens is 3. The van der Waals surface area contributed by atoms with Crippen LogP contribution in [0.5, 0.6) is 0 Å². The molecule has 0 aromatic heterocycles. The van der Waals surface area contributed by atoms with Gasteiger partial charge in [0.1, 0.15) is 0 Å². The number of aliphatic hydroxyl groups is 1. The minimum absolute atomic E-state index is 0.230. The molecule has 1 aromatic carbocycles. The lowest BCUT2D eigenvalue weighted by Gasteiger charge is -2.14. The van der Waals surface area contributed by atoms with Crippen LogP contribution >= 0.6 is 0 Å². The Labute approximate surface area is 96.8 Å². The van der Waals surface area contributed by atoms with E-state index in [1.165, 1.54) is 24.3 Å². The van der Waals surface area contributed by atoms with Gasteiger partial charge < -0.3 is 5.11 Å². The molecule has 0 spiro atoms. The van der Waals surface area contributed by atoms with Crippen LogP contribution in [0.25, 0.3) is 0 Å². The second kappa shape index (κ2) is 4.66. The van der Waals surface area contributed by atoms with Crippen LogP contribution in [0.2, 0.25) is 0 Å². The molecule has 3 nitrogen and oxygen atoms in total. The third-order valence-corrected chi connectivity index (χ3v) is 3.88. The highest BCUT2D eigenvalue weighted by Gasteiger charge is 2.41. The van der Waals surface area contributed by atoms with Gasteiger partial charge in [-0.2, -0.15) is 13.2 Å². The van der Waals surface area contributed by atoms with Crippen LogP contribution in [0.15, 0.2) is 29.2 Å². The van der Waals surface area contributed by atoms with Crippen molar-refractivity contribution in [1.82, 2.24) is 0 Å². The van der Waals surface area contributed by atoms with E-state index in [1.54, 1.807) is 6.92 Å². The van der Waals surface area contributed by atoms with Crippen molar-refractivity contribution in [2.45, 2.75) is 24.1 Å². The van der Waals surface area contributed by atoms with Crippen LogP contribution in [0.1, 0.15) is 5.56 Å². The van der Waals surface area contributed by atoms with Crippen molar-refractivity contribution < 1.29 is 26.7 Å². The Morgan fingerprint density at radius 1 is 1.24 bits per heavy atom. The third-order valence-electron chi connectivity index (χ3n) is 2.14. The van der Waals surface area contributed by atoms with E-state index in [0.717, 1.165) is 5.56 Å². The van der Waals surface area contributed by atoms with Crippen molar-refractivity contribution in [1.29, 1.82) is 0 Å². The molecule has 96 valence electrons. The van der Waals surface area contributed by atoms with Crippen LogP contribution in [-0.2, 0) is 9.84 Å². The zero-order valence-corrected chi connectivity index (χ0v) is 9.72. The van der Waals surface area contributed by atoms with Gasteiger partial charge in [0.25, 0.3) is 0 Å². The smallest absolute Gasteiger partial charge is 0.383 e. The van der Waals surface area contributed by atoms with Gasteiger partial charge in [0, 0.05) is 0 Å². The summed E-state index contributed by atoms with van der Waals surface area (Å²) in [6, 6.07) is 5.39. The molecule has 0 heterocycles. The van der Waals surface area contributed by atoms with E-state index in [4.69, 9.17) is 5.11 Å². The first-order chi connectivity index (χ1) is 7.63. The Morgan fingerprint density at radius 2 is 1.71 bits per heavy atom. The topological polar surface area (TPSA) is 54.4 Å². The lowest BCUT2D eigenvalue weighted by atomic mass is 10.2. The van der Waals surface area contributed by atoms with E-state index in [2.05, 4.69) is 0 Å². The van der Waals surface area contributed by atoms with Crippen molar-refractivity contribution in [3.8, 4) is 0 Å². The maximum Gasteiger partial charge on any atom is 0.415 e. The minimum atomic E-state index is -4.93. The van der Waals surface area contributed by atoms with E-state index in [1.807, 2.05) is 0 Å². The average Bonchev–Trinajstić information content (AvgIpc) is 2.16. The summed E-state index contributed by atoms with van der Waals surface area (Å²) >= 11 is 0. The lowest BCUT2D eigenvalue weighted by molar-refractivity contribution is -0.196. The van der Waals surface area contributed by atoms with Gasteiger partial charge in [-0.25, -0.2) is 8.42 Å². The summed E-state index contributed by atoms with van der Waals surface area (Å²) in [6.45, 7) is 1.72. The second-order valence-corrected chi connectivity index (χ2v) is 5.69. The van der Waals surface area contributed by atoms with Crippen molar-refractivity contribution in [2.75, 3.05) is 5.75 Å².